The van der Waals surface area contributed by atoms with Gasteiger partial charge < -0.3 is 4.90 Å². The van der Waals surface area contributed by atoms with Gasteiger partial charge >= 0.3 is 0 Å². The standard InChI is InChI=1S/C14H17Cl2NO3S/c1-8-4-9(2)17(7-8)14(18)11-5-12(15)10(3)13(6-11)21(16,19)20/h5-6,8-9H,4,7H2,1-3H3. The van der Waals surface area contributed by atoms with Crippen molar-refractivity contribution in [2.75, 3.05) is 6.54 Å². The smallest absolute Gasteiger partial charge is 0.261 e. The van der Waals surface area contributed by atoms with E-state index in [0.717, 1.165) is 6.42 Å². The number of nitrogens with zero attached hydrogens (tertiary/aromatic N) is 1. The monoisotopic (exact) mass is 349 g/mol. The summed E-state index contributed by atoms with van der Waals surface area (Å²) >= 11 is 6.05. The maximum Gasteiger partial charge on any atom is 0.261 e. The quantitative estimate of drug-likeness (QED) is 0.768. The van der Waals surface area contributed by atoms with E-state index in [4.69, 9.17) is 22.3 Å². The van der Waals surface area contributed by atoms with Crippen LogP contribution in [0.5, 0.6) is 0 Å². The van der Waals surface area contributed by atoms with Gasteiger partial charge in [-0.1, -0.05) is 18.5 Å². The van der Waals surface area contributed by atoms with Crippen molar-refractivity contribution in [1.82, 2.24) is 4.90 Å². The minimum atomic E-state index is -3.94. The van der Waals surface area contributed by atoms with Crippen LogP contribution in [0.3, 0.4) is 0 Å². The van der Waals surface area contributed by atoms with Gasteiger partial charge in [0.05, 0.1) is 4.90 Å². The lowest BCUT2D eigenvalue weighted by molar-refractivity contribution is 0.0743. The molecule has 21 heavy (non-hydrogen) atoms. The van der Waals surface area contributed by atoms with Crippen LogP contribution >= 0.6 is 22.3 Å². The molecule has 1 aromatic rings. The zero-order valence-corrected chi connectivity index (χ0v) is 14.4. The molecule has 0 radical (unpaired) electrons. The molecule has 0 aromatic heterocycles. The van der Waals surface area contributed by atoms with Crippen LogP contribution in [0, 0.1) is 12.8 Å². The SMILES string of the molecule is Cc1c(Cl)cc(C(=O)N2CC(C)CC2C)cc1S(=O)(=O)Cl. The highest BCUT2D eigenvalue weighted by Gasteiger charge is 2.31. The number of hydrogen-bond donors (Lipinski definition) is 0. The third kappa shape index (κ3) is 3.35. The maximum atomic E-state index is 12.6. The molecule has 0 N–H and O–H groups in total. The van der Waals surface area contributed by atoms with Crippen molar-refractivity contribution >= 4 is 37.2 Å². The van der Waals surface area contributed by atoms with Crippen LogP contribution in [-0.4, -0.2) is 31.8 Å². The highest BCUT2D eigenvalue weighted by Crippen LogP contribution is 2.30. The third-order valence-corrected chi connectivity index (χ3v) is 5.69. The van der Waals surface area contributed by atoms with E-state index in [1.54, 1.807) is 11.8 Å². The Morgan fingerprint density at radius 3 is 2.43 bits per heavy atom. The molecular weight excluding hydrogens is 333 g/mol. The fraction of sp³-hybridized carbons (Fsp3) is 0.500. The number of carbonyl (C=O) groups excluding carboxylic acids is 1. The van der Waals surface area contributed by atoms with E-state index in [2.05, 4.69) is 6.92 Å². The molecule has 2 unspecified atom stereocenters. The molecule has 2 atom stereocenters. The number of hydrogen-bond acceptors (Lipinski definition) is 3. The largest absolute Gasteiger partial charge is 0.336 e. The predicted octanol–water partition coefficient (Wildman–Crippen LogP) is 3.45. The molecule has 4 nitrogen and oxygen atoms in total. The van der Waals surface area contributed by atoms with Gasteiger partial charge in [0.25, 0.3) is 15.0 Å². The summed E-state index contributed by atoms with van der Waals surface area (Å²) < 4.78 is 23.2. The molecule has 0 spiro atoms. The molecule has 0 aliphatic carbocycles. The van der Waals surface area contributed by atoms with Crippen LogP contribution in [0.25, 0.3) is 0 Å². The van der Waals surface area contributed by atoms with E-state index in [9.17, 15) is 13.2 Å². The van der Waals surface area contributed by atoms with Gasteiger partial charge in [-0.2, -0.15) is 0 Å². The Morgan fingerprint density at radius 2 is 1.95 bits per heavy atom. The van der Waals surface area contributed by atoms with Gasteiger partial charge in [0.2, 0.25) is 0 Å². The average molecular weight is 350 g/mol. The molecule has 1 heterocycles. The van der Waals surface area contributed by atoms with Gasteiger partial charge in [-0.3, -0.25) is 4.79 Å². The lowest BCUT2D eigenvalue weighted by Gasteiger charge is -2.22. The molecule has 7 heteroatoms. The van der Waals surface area contributed by atoms with Crippen LogP contribution < -0.4 is 0 Å². The summed E-state index contributed by atoms with van der Waals surface area (Å²) in [6.45, 7) is 6.29. The second-order valence-corrected chi connectivity index (χ2v) is 8.61. The van der Waals surface area contributed by atoms with Crippen molar-refractivity contribution in [3.05, 3.63) is 28.3 Å². The molecule has 1 aliphatic heterocycles. The fourth-order valence-electron chi connectivity index (χ4n) is 2.78. The highest BCUT2D eigenvalue weighted by molar-refractivity contribution is 8.13. The molecule has 1 fully saturated rings. The van der Waals surface area contributed by atoms with Gasteiger partial charge in [0.15, 0.2) is 0 Å². The van der Waals surface area contributed by atoms with Gasteiger partial charge in [-0.15, -0.1) is 0 Å². The van der Waals surface area contributed by atoms with Crippen molar-refractivity contribution in [2.45, 2.75) is 38.1 Å². The molecule has 2 rings (SSSR count). The first-order valence-electron chi connectivity index (χ1n) is 6.67. The van der Waals surface area contributed by atoms with E-state index in [0.29, 0.717) is 18.0 Å². The number of carbonyl (C=O) groups is 1. The molecule has 0 saturated carbocycles. The molecule has 1 saturated heterocycles. The summed E-state index contributed by atoms with van der Waals surface area (Å²) in [4.78, 5) is 14.2. The van der Waals surface area contributed by atoms with Gasteiger partial charge in [0.1, 0.15) is 0 Å². The third-order valence-electron chi connectivity index (χ3n) is 3.85. The zero-order chi connectivity index (χ0) is 15.9. The van der Waals surface area contributed by atoms with Crippen LogP contribution in [0.1, 0.15) is 36.2 Å². The maximum absolute atomic E-state index is 12.6. The Kier molecular flexibility index (Phi) is 4.57. The topological polar surface area (TPSA) is 54.5 Å². The lowest BCUT2D eigenvalue weighted by Crippen LogP contribution is -2.34. The molecule has 1 amide bonds. The molecule has 0 bridgehead atoms. The van der Waals surface area contributed by atoms with E-state index >= 15 is 0 Å². The number of halogens is 2. The zero-order valence-electron chi connectivity index (χ0n) is 12.1. The minimum Gasteiger partial charge on any atom is -0.336 e. The Morgan fingerprint density at radius 1 is 1.33 bits per heavy atom. The Hall–Kier alpha value is -0.780. The summed E-state index contributed by atoms with van der Waals surface area (Å²) in [6.07, 6.45) is 0.937. The normalized spacial score (nSPS) is 22.6. The molecule has 116 valence electrons. The van der Waals surface area contributed by atoms with Crippen molar-refractivity contribution in [2.24, 2.45) is 5.92 Å². The van der Waals surface area contributed by atoms with Crippen molar-refractivity contribution in [3.63, 3.8) is 0 Å². The summed E-state index contributed by atoms with van der Waals surface area (Å²) in [5.74, 6) is 0.219. The second-order valence-electron chi connectivity index (χ2n) is 5.67. The lowest BCUT2D eigenvalue weighted by atomic mass is 10.1. The summed E-state index contributed by atoms with van der Waals surface area (Å²) in [5, 5.41) is 0.222. The van der Waals surface area contributed by atoms with Crippen LogP contribution in [-0.2, 0) is 9.05 Å². The van der Waals surface area contributed by atoms with E-state index in [1.165, 1.54) is 12.1 Å². The predicted molar refractivity (Wildman–Crippen MR) is 83.5 cm³/mol. The van der Waals surface area contributed by atoms with Crippen LogP contribution in [0.4, 0.5) is 0 Å². The highest BCUT2D eigenvalue weighted by atomic mass is 35.7. The number of amides is 1. The van der Waals surface area contributed by atoms with Crippen molar-refractivity contribution in [1.29, 1.82) is 0 Å². The number of likely N-dealkylation sites (tertiary alicyclic amines) is 1. The van der Waals surface area contributed by atoms with Crippen molar-refractivity contribution in [3.8, 4) is 0 Å². The van der Waals surface area contributed by atoms with Gasteiger partial charge in [0, 0.05) is 33.9 Å². The second kappa shape index (κ2) is 5.78. The first-order chi connectivity index (χ1) is 9.61. The summed E-state index contributed by atoms with van der Waals surface area (Å²) in [7, 11) is 1.47. The number of rotatable bonds is 2. The minimum absolute atomic E-state index is 0.111. The average Bonchev–Trinajstić information content (AvgIpc) is 2.69. The molecule has 1 aliphatic rings. The Bertz CT molecular complexity index is 688. The first kappa shape index (κ1) is 16.6. The van der Waals surface area contributed by atoms with Gasteiger partial charge in [-0.25, -0.2) is 8.42 Å². The summed E-state index contributed by atoms with van der Waals surface area (Å²) in [5.41, 5.74) is 0.608. The summed E-state index contributed by atoms with van der Waals surface area (Å²) in [6, 6.07) is 2.94. The Balaban J connectivity index is 2.46. The molecular formula is C14H17Cl2NO3S. The Labute approximate surface area is 134 Å². The van der Waals surface area contributed by atoms with Crippen LogP contribution in [0.2, 0.25) is 5.02 Å². The first-order valence-corrected chi connectivity index (χ1v) is 9.35. The van der Waals surface area contributed by atoms with E-state index < -0.39 is 9.05 Å². The van der Waals surface area contributed by atoms with Crippen LogP contribution in [0.15, 0.2) is 17.0 Å². The fourth-order valence-corrected chi connectivity index (χ4v) is 4.28. The van der Waals surface area contributed by atoms with E-state index in [1.807, 2.05) is 6.92 Å². The number of benzene rings is 1. The van der Waals surface area contributed by atoms with Crippen molar-refractivity contribution < 1.29 is 13.2 Å². The van der Waals surface area contributed by atoms with E-state index in [-0.39, 0.29) is 27.4 Å². The van der Waals surface area contributed by atoms with Gasteiger partial charge in [-0.05, 0) is 43.9 Å². The molecule has 1 aromatic carbocycles.